The Morgan fingerprint density at radius 1 is 1.07 bits per heavy atom. The fourth-order valence-electron chi connectivity index (χ4n) is 5.44. The first-order chi connectivity index (χ1) is 20.0. The zero-order valence-corrected chi connectivity index (χ0v) is 25.2. The zero-order chi connectivity index (χ0) is 30.3. The van der Waals surface area contributed by atoms with Crippen molar-refractivity contribution in [2.75, 3.05) is 26.9 Å². The van der Waals surface area contributed by atoms with Crippen LogP contribution in [0.5, 0.6) is 5.75 Å². The van der Waals surface area contributed by atoms with Crippen molar-refractivity contribution in [2.45, 2.75) is 76.2 Å². The van der Waals surface area contributed by atoms with Crippen molar-refractivity contribution in [3.63, 3.8) is 0 Å². The fraction of sp³-hybridized carbons (Fsp3) is 0.500. The summed E-state index contributed by atoms with van der Waals surface area (Å²) in [7, 11) is 1.62. The van der Waals surface area contributed by atoms with E-state index in [2.05, 4.69) is 28.1 Å². The van der Waals surface area contributed by atoms with Crippen molar-refractivity contribution in [3.05, 3.63) is 77.7 Å². The molecule has 0 bridgehead atoms. The average Bonchev–Trinajstić information content (AvgIpc) is 3.69. The SMILES string of the molecule is COc1ccc(C(C)(C(=O)N2CCCC2)N2C=C(NC(O)[C@@H](CCCc3ccccc3)NC(=O)C(C)(C)N)NC2)cc1. The monoisotopic (exact) mass is 578 g/mol. The van der Waals surface area contributed by atoms with Gasteiger partial charge in [-0.15, -0.1) is 0 Å². The highest BCUT2D eigenvalue weighted by molar-refractivity contribution is 5.88. The number of hydrogen-bond acceptors (Lipinski definition) is 8. The summed E-state index contributed by atoms with van der Waals surface area (Å²) in [6, 6.07) is 17.1. The highest BCUT2D eigenvalue weighted by atomic mass is 16.5. The minimum atomic E-state index is -1.09. The van der Waals surface area contributed by atoms with E-state index in [1.807, 2.05) is 65.4 Å². The molecule has 2 aromatic carbocycles. The van der Waals surface area contributed by atoms with Crippen LogP contribution in [0.3, 0.4) is 0 Å². The van der Waals surface area contributed by atoms with Gasteiger partial charge in [0.25, 0.3) is 5.91 Å². The lowest BCUT2D eigenvalue weighted by molar-refractivity contribution is -0.141. The molecule has 42 heavy (non-hydrogen) atoms. The van der Waals surface area contributed by atoms with E-state index in [0.29, 0.717) is 18.9 Å². The molecule has 0 spiro atoms. The van der Waals surface area contributed by atoms with Crippen molar-refractivity contribution < 1.29 is 19.4 Å². The third kappa shape index (κ3) is 7.35. The summed E-state index contributed by atoms with van der Waals surface area (Å²) in [5, 5.41) is 20.6. The minimum absolute atomic E-state index is 0.0289. The van der Waals surface area contributed by atoms with E-state index in [-0.39, 0.29) is 11.8 Å². The van der Waals surface area contributed by atoms with Gasteiger partial charge < -0.3 is 41.3 Å². The fourth-order valence-corrected chi connectivity index (χ4v) is 5.44. The molecular formula is C32H46N6O4. The maximum Gasteiger partial charge on any atom is 0.252 e. The smallest absolute Gasteiger partial charge is 0.252 e. The quantitative estimate of drug-likeness (QED) is 0.229. The molecule has 3 atom stereocenters. The summed E-state index contributed by atoms with van der Waals surface area (Å²) in [5.74, 6) is 0.967. The van der Waals surface area contributed by atoms with Gasteiger partial charge in [0.15, 0.2) is 0 Å². The number of aryl methyl sites for hydroxylation is 1. The number of hydrogen-bond donors (Lipinski definition) is 5. The van der Waals surface area contributed by atoms with Crippen molar-refractivity contribution in [3.8, 4) is 5.75 Å². The third-order valence-corrected chi connectivity index (χ3v) is 8.17. The van der Waals surface area contributed by atoms with Gasteiger partial charge in [-0.3, -0.25) is 9.59 Å². The predicted molar refractivity (Wildman–Crippen MR) is 163 cm³/mol. The summed E-state index contributed by atoms with van der Waals surface area (Å²) in [5.41, 5.74) is 6.01. The number of likely N-dealkylation sites (tertiary alicyclic amines) is 1. The Bertz CT molecular complexity index is 1220. The van der Waals surface area contributed by atoms with Crippen molar-refractivity contribution in [1.29, 1.82) is 0 Å². The first-order valence-corrected chi connectivity index (χ1v) is 14.8. The number of methoxy groups -OCH3 is 1. The predicted octanol–water partition coefficient (Wildman–Crippen LogP) is 2.35. The second-order valence-corrected chi connectivity index (χ2v) is 11.9. The van der Waals surface area contributed by atoms with Gasteiger partial charge in [0.1, 0.15) is 23.3 Å². The Kier molecular flexibility index (Phi) is 10.0. The summed E-state index contributed by atoms with van der Waals surface area (Å²) >= 11 is 0. The Morgan fingerprint density at radius 2 is 1.74 bits per heavy atom. The lowest BCUT2D eigenvalue weighted by Crippen LogP contribution is -2.57. The standard InChI is InChI=1S/C32H46N6O4/c1-31(2,33)29(40)35-26(14-10-13-23-11-6-5-7-12-23)28(39)36-27-21-38(22-34-27)32(3,30(41)37-19-8-9-20-37)24-15-17-25(42-4)18-16-24/h5-7,11-12,15-18,21,26,28,34,36,39H,8-10,13-14,19-20,22,33H2,1-4H3,(H,35,40)/t26-,28?,32?/m1/s1. The van der Waals surface area contributed by atoms with Crippen LogP contribution in [0, 0.1) is 0 Å². The van der Waals surface area contributed by atoms with E-state index in [9.17, 15) is 14.7 Å². The molecule has 0 radical (unpaired) electrons. The van der Waals surface area contributed by atoms with E-state index in [1.165, 1.54) is 5.56 Å². The maximum atomic E-state index is 14.0. The molecule has 2 heterocycles. The Labute approximate surface area is 249 Å². The molecule has 2 unspecified atom stereocenters. The van der Waals surface area contributed by atoms with Gasteiger partial charge in [-0.2, -0.15) is 0 Å². The first kappa shape index (κ1) is 31.2. The van der Waals surface area contributed by atoms with Gasteiger partial charge in [-0.1, -0.05) is 42.5 Å². The van der Waals surface area contributed by atoms with Gasteiger partial charge in [-0.25, -0.2) is 0 Å². The van der Waals surface area contributed by atoms with Crippen molar-refractivity contribution in [1.82, 2.24) is 25.8 Å². The number of ether oxygens (including phenoxy) is 1. The molecule has 10 nitrogen and oxygen atoms in total. The summed E-state index contributed by atoms with van der Waals surface area (Å²) in [6.07, 6.45) is 4.85. The molecular weight excluding hydrogens is 532 g/mol. The van der Waals surface area contributed by atoms with E-state index >= 15 is 0 Å². The Hall–Kier alpha value is -3.76. The number of amides is 2. The first-order valence-electron chi connectivity index (χ1n) is 14.8. The number of nitrogens with one attached hydrogen (secondary N) is 3. The summed E-state index contributed by atoms with van der Waals surface area (Å²) < 4.78 is 5.34. The largest absolute Gasteiger partial charge is 0.497 e. The lowest BCUT2D eigenvalue weighted by Gasteiger charge is -2.40. The second kappa shape index (κ2) is 13.5. The number of rotatable bonds is 13. The minimum Gasteiger partial charge on any atom is -0.497 e. The number of carbonyl (C=O) groups is 2. The van der Waals surface area contributed by atoms with Crippen LogP contribution in [0.2, 0.25) is 0 Å². The van der Waals surface area contributed by atoms with Gasteiger partial charge in [0, 0.05) is 19.3 Å². The third-order valence-electron chi connectivity index (χ3n) is 8.17. The van der Waals surface area contributed by atoms with Crippen LogP contribution in [0.25, 0.3) is 0 Å². The maximum absolute atomic E-state index is 14.0. The van der Waals surface area contributed by atoms with E-state index in [1.54, 1.807) is 21.0 Å². The van der Waals surface area contributed by atoms with Crippen LogP contribution >= 0.6 is 0 Å². The number of carbonyl (C=O) groups excluding carboxylic acids is 2. The van der Waals surface area contributed by atoms with Gasteiger partial charge in [0.2, 0.25) is 5.91 Å². The number of nitrogens with zero attached hydrogens (tertiary/aromatic N) is 2. The molecule has 2 aromatic rings. The summed E-state index contributed by atoms with van der Waals surface area (Å²) in [6.45, 7) is 7.04. The molecule has 10 heteroatoms. The van der Waals surface area contributed by atoms with E-state index < -0.39 is 23.3 Å². The van der Waals surface area contributed by atoms with Crippen LogP contribution in [0.4, 0.5) is 0 Å². The molecule has 1 saturated heterocycles. The van der Waals surface area contributed by atoms with Gasteiger partial charge in [0.05, 0.1) is 25.4 Å². The molecule has 1 fully saturated rings. The number of aliphatic hydroxyl groups is 1. The highest BCUT2D eigenvalue weighted by Crippen LogP contribution is 2.34. The molecule has 2 aliphatic heterocycles. The number of aliphatic hydroxyl groups excluding tert-OH is 1. The van der Waals surface area contributed by atoms with E-state index in [0.717, 1.165) is 50.1 Å². The summed E-state index contributed by atoms with van der Waals surface area (Å²) in [4.78, 5) is 30.6. The van der Waals surface area contributed by atoms with E-state index in [4.69, 9.17) is 10.5 Å². The van der Waals surface area contributed by atoms with Crippen LogP contribution in [-0.4, -0.2) is 71.4 Å². The second-order valence-electron chi connectivity index (χ2n) is 11.9. The van der Waals surface area contributed by atoms with Gasteiger partial charge >= 0.3 is 0 Å². The number of nitrogens with two attached hydrogens (primary N) is 1. The molecule has 6 N–H and O–H groups in total. The van der Waals surface area contributed by atoms with Crippen molar-refractivity contribution >= 4 is 11.8 Å². The molecule has 0 aromatic heterocycles. The Balaban J connectivity index is 1.51. The highest BCUT2D eigenvalue weighted by Gasteiger charge is 2.45. The topological polar surface area (TPSA) is 132 Å². The van der Waals surface area contributed by atoms with Crippen LogP contribution < -0.4 is 26.4 Å². The number of benzene rings is 2. The lowest BCUT2D eigenvalue weighted by atomic mass is 9.88. The molecule has 228 valence electrons. The average molecular weight is 579 g/mol. The molecule has 4 rings (SSSR count). The molecule has 0 saturated carbocycles. The van der Waals surface area contributed by atoms with Crippen LogP contribution in [-0.2, 0) is 21.5 Å². The van der Waals surface area contributed by atoms with Crippen molar-refractivity contribution in [2.24, 2.45) is 5.73 Å². The van der Waals surface area contributed by atoms with Gasteiger partial charge in [-0.05, 0) is 76.1 Å². The van der Waals surface area contributed by atoms with Crippen LogP contribution in [0.1, 0.15) is 57.6 Å². The molecule has 2 amide bonds. The van der Waals surface area contributed by atoms with Crippen LogP contribution in [0.15, 0.2) is 66.6 Å². The Morgan fingerprint density at radius 3 is 2.36 bits per heavy atom. The normalized spacial score (nSPS) is 18.0. The molecule has 2 aliphatic rings. The zero-order valence-electron chi connectivity index (χ0n) is 25.2. The molecule has 0 aliphatic carbocycles.